The maximum absolute atomic E-state index is 10.9. The summed E-state index contributed by atoms with van der Waals surface area (Å²) in [6.45, 7) is 0.380. The molecule has 0 fully saturated rings. The summed E-state index contributed by atoms with van der Waals surface area (Å²) >= 11 is 5.76. The van der Waals surface area contributed by atoms with E-state index in [2.05, 4.69) is 5.92 Å². The first-order chi connectivity index (χ1) is 7.65. The first-order valence-corrected chi connectivity index (χ1v) is 5.12. The highest BCUT2D eigenvalue weighted by Gasteiger charge is 2.11. The van der Waals surface area contributed by atoms with Gasteiger partial charge in [-0.2, -0.15) is 0 Å². The number of halogens is 1. The number of carboxylic acids is 1. The Hall–Kier alpha value is -1.66. The van der Waals surface area contributed by atoms with Gasteiger partial charge in [-0.25, -0.2) is 4.79 Å². The van der Waals surface area contributed by atoms with Crippen molar-refractivity contribution in [3.63, 3.8) is 0 Å². The van der Waals surface area contributed by atoms with Crippen LogP contribution >= 0.6 is 11.6 Å². The number of hydrogen-bond acceptors (Lipinski definition) is 2. The van der Waals surface area contributed by atoms with E-state index in [-0.39, 0.29) is 11.3 Å². The number of benzene rings is 1. The van der Waals surface area contributed by atoms with E-state index >= 15 is 0 Å². The topological polar surface area (TPSA) is 46.5 Å². The third kappa shape index (κ3) is 3.48. The van der Waals surface area contributed by atoms with E-state index in [1.807, 2.05) is 0 Å². The molecule has 0 saturated carbocycles. The molecule has 0 aliphatic rings. The minimum Gasteiger partial charge on any atom is -0.493 e. The first-order valence-electron chi connectivity index (χ1n) is 4.74. The number of carboxylic acid groups (broad SMARTS) is 1. The number of hydrogen-bond donors (Lipinski definition) is 1. The molecule has 0 spiro atoms. The van der Waals surface area contributed by atoms with Crippen molar-refractivity contribution < 1.29 is 14.6 Å². The second-order valence-electron chi connectivity index (χ2n) is 3.10. The molecule has 0 aromatic heterocycles. The fourth-order valence-corrected chi connectivity index (χ4v) is 1.31. The Morgan fingerprint density at radius 3 is 2.94 bits per heavy atom. The molecule has 0 unspecified atom stereocenters. The van der Waals surface area contributed by atoms with Crippen molar-refractivity contribution in [2.24, 2.45) is 0 Å². The van der Waals surface area contributed by atoms with Gasteiger partial charge in [0, 0.05) is 11.4 Å². The molecule has 16 heavy (non-hydrogen) atoms. The number of carbonyl (C=O) groups is 1. The van der Waals surface area contributed by atoms with Crippen molar-refractivity contribution >= 4 is 17.6 Å². The lowest BCUT2D eigenvalue weighted by molar-refractivity contribution is 0.0692. The molecule has 1 aromatic rings. The van der Waals surface area contributed by atoms with Crippen LogP contribution in [0.2, 0.25) is 5.02 Å². The molecule has 1 rings (SSSR count). The minimum absolute atomic E-state index is 0.102. The first kappa shape index (κ1) is 12.4. The van der Waals surface area contributed by atoms with Crippen LogP contribution in [0.25, 0.3) is 0 Å². The van der Waals surface area contributed by atoms with Crippen LogP contribution in [0.3, 0.4) is 0 Å². The van der Waals surface area contributed by atoms with Crippen molar-refractivity contribution in [3.05, 3.63) is 28.8 Å². The number of rotatable bonds is 5. The summed E-state index contributed by atoms with van der Waals surface area (Å²) in [6.07, 6.45) is 6.37. The monoisotopic (exact) mass is 238 g/mol. The van der Waals surface area contributed by atoms with Gasteiger partial charge in [0.2, 0.25) is 0 Å². The number of aromatic carboxylic acids is 1. The molecular formula is C12H11ClO3. The predicted molar refractivity (Wildman–Crippen MR) is 62.0 cm³/mol. The predicted octanol–water partition coefficient (Wildman–Crippen LogP) is 2.83. The normalized spacial score (nSPS) is 9.50. The smallest absolute Gasteiger partial charge is 0.339 e. The largest absolute Gasteiger partial charge is 0.493 e. The van der Waals surface area contributed by atoms with Crippen LogP contribution in [-0.2, 0) is 0 Å². The van der Waals surface area contributed by atoms with Crippen molar-refractivity contribution in [1.82, 2.24) is 0 Å². The van der Waals surface area contributed by atoms with E-state index in [0.717, 1.165) is 0 Å². The maximum atomic E-state index is 10.9. The van der Waals surface area contributed by atoms with Gasteiger partial charge >= 0.3 is 5.97 Å². The Bertz CT molecular complexity index is 421. The van der Waals surface area contributed by atoms with Crippen LogP contribution in [0.5, 0.6) is 5.75 Å². The Labute approximate surface area is 99.0 Å². The number of terminal acetylenes is 1. The van der Waals surface area contributed by atoms with Gasteiger partial charge in [-0.1, -0.05) is 11.6 Å². The van der Waals surface area contributed by atoms with E-state index in [0.29, 0.717) is 24.5 Å². The van der Waals surface area contributed by atoms with Crippen molar-refractivity contribution in [2.45, 2.75) is 12.8 Å². The Kier molecular flexibility index (Phi) is 4.68. The fraction of sp³-hybridized carbons (Fsp3) is 0.250. The van der Waals surface area contributed by atoms with Gasteiger partial charge in [-0.15, -0.1) is 12.3 Å². The van der Waals surface area contributed by atoms with Crippen LogP contribution in [0.4, 0.5) is 0 Å². The highest BCUT2D eigenvalue weighted by molar-refractivity contribution is 6.30. The van der Waals surface area contributed by atoms with Gasteiger partial charge in [0.25, 0.3) is 0 Å². The lowest BCUT2D eigenvalue weighted by Gasteiger charge is -2.08. The van der Waals surface area contributed by atoms with Gasteiger partial charge in [0.1, 0.15) is 11.3 Å². The van der Waals surface area contributed by atoms with E-state index in [4.69, 9.17) is 27.9 Å². The molecule has 0 amide bonds. The summed E-state index contributed by atoms with van der Waals surface area (Å²) in [6, 6.07) is 4.42. The second kappa shape index (κ2) is 6.04. The molecule has 0 atom stereocenters. The van der Waals surface area contributed by atoms with Crippen molar-refractivity contribution in [3.8, 4) is 18.1 Å². The van der Waals surface area contributed by atoms with Crippen LogP contribution in [0.1, 0.15) is 23.2 Å². The van der Waals surface area contributed by atoms with E-state index in [1.54, 1.807) is 0 Å². The minimum atomic E-state index is -1.04. The number of unbranched alkanes of at least 4 members (excludes halogenated alkanes) is 1. The van der Waals surface area contributed by atoms with Gasteiger partial charge in [0.05, 0.1) is 6.61 Å². The molecule has 0 heterocycles. The zero-order valence-electron chi connectivity index (χ0n) is 8.57. The van der Waals surface area contributed by atoms with Gasteiger partial charge in [-0.05, 0) is 24.6 Å². The molecule has 0 radical (unpaired) electrons. The summed E-state index contributed by atoms with van der Waals surface area (Å²) in [5.41, 5.74) is 0.102. The zero-order valence-corrected chi connectivity index (χ0v) is 9.33. The van der Waals surface area contributed by atoms with Gasteiger partial charge in [0.15, 0.2) is 0 Å². The zero-order chi connectivity index (χ0) is 12.0. The van der Waals surface area contributed by atoms with Crippen LogP contribution in [0.15, 0.2) is 18.2 Å². The third-order valence-corrected chi connectivity index (χ3v) is 2.13. The van der Waals surface area contributed by atoms with Gasteiger partial charge < -0.3 is 9.84 Å². The summed E-state index contributed by atoms with van der Waals surface area (Å²) < 4.78 is 5.32. The van der Waals surface area contributed by atoms with E-state index < -0.39 is 5.97 Å². The van der Waals surface area contributed by atoms with Crippen LogP contribution < -0.4 is 4.74 Å². The summed E-state index contributed by atoms with van der Waals surface area (Å²) in [7, 11) is 0. The molecule has 1 N–H and O–H groups in total. The molecular weight excluding hydrogens is 228 g/mol. The molecule has 3 nitrogen and oxygen atoms in total. The number of ether oxygens (including phenoxy) is 1. The van der Waals surface area contributed by atoms with E-state index in [1.165, 1.54) is 18.2 Å². The lowest BCUT2D eigenvalue weighted by atomic mass is 10.2. The summed E-state index contributed by atoms with van der Waals surface area (Å²) in [4.78, 5) is 10.9. The molecule has 1 aromatic carbocycles. The second-order valence-corrected chi connectivity index (χ2v) is 3.54. The molecule has 0 aliphatic carbocycles. The standard InChI is InChI=1S/C12H11ClO3/c1-2-3-4-7-16-11-8-9(13)5-6-10(11)12(14)15/h1,5-6,8H,3-4,7H2,(H,14,15). The van der Waals surface area contributed by atoms with Crippen molar-refractivity contribution in [1.29, 1.82) is 0 Å². The summed E-state index contributed by atoms with van der Waals surface area (Å²) in [5.74, 6) is 1.72. The van der Waals surface area contributed by atoms with Crippen LogP contribution in [-0.4, -0.2) is 17.7 Å². The molecule has 84 valence electrons. The molecule has 0 saturated heterocycles. The van der Waals surface area contributed by atoms with E-state index in [9.17, 15) is 4.79 Å². The molecule has 0 bridgehead atoms. The third-order valence-electron chi connectivity index (χ3n) is 1.90. The lowest BCUT2D eigenvalue weighted by Crippen LogP contribution is -2.04. The summed E-state index contributed by atoms with van der Waals surface area (Å²) in [5, 5.41) is 9.35. The molecule has 0 aliphatic heterocycles. The SMILES string of the molecule is C#CCCCOc1cc(Cl)ccc1C(=O)O. The quantitative estimate of drug-likeness (QED) is 0.634. The fourth-order valence-electron chi connectivity index (χ4n) is 1.15. The Morgan fingerprint density at radius 2 is 2.31 bits per heavy atom. The molecule has 4 heteroatoms. The average molecular weight is 239 g/mol. The Balaban J connectivity index is 2.73. The average Bonchev–Trinajstić information content (AvgIpc) is 2.24. The Morgan fingerprint density at radius 1 is 1.56 bits per heavy atom. The van der Waals surface area contributed by atoms with Crippen LogP contribution in [0, 0.1) is 12.3 Å². The highest BCUT2D eigenvalue weighted by atomic mass is 35.5. The van der Waals surface area contributed by atoms with Crippen molar-refractivity contribution in [2.75, 3.05) is 6.61 Å². The maximum Gasteiger partial charge on any atom is 0.339 e. The van der Waals surface area contributed by atoms with Gasteiger partial charge in [-0.3, -0.25) is 0 Å². The highest BCUT2D eigenvalue weighted by Crippen LogP contribution is 2.23.